The second-order valence-corrected chi connectivity index (χ2v) is 4.36. The molecule has 0 aliphatic carbocycles. The number of carbonyl (C=O) groups excluding carboxylic acids is 1. The number of nitrogens with two attached hydrogens (primary N) is 1. The number of hydrogen-bond donors (Lipinski definition) is 2. The van der Waals surface area contributed by atoms with Crippen molar-refractivity contribution in [1.82, 2.24) is 0 Å². The molecule has 0 bridgehead atoms. The van der Waals surface area contributed by atoms with Crippen LogP contribution in [-0.4, -0.2) is 22.7 Å². The van der Waals surface area contributed by atoms with Gasteiger partial charge in [0.15, 0.2) is 0 Å². The zero-order chi connectivity index (χ0) is 14.0. The van der Waals surface area contributed by atoms with Crippen LogP contribution in [0.25, 0.3) is 0 Å². The summed E-state index contributed by atoms with van der Waals surface area (Å²) >= 11 is 0. The Kier molecular flexibility index (Phi) is 3.50. The van der Waals surface area contributed by atoms with E-state index in [0.717, 1.165) is 0 Å². The fourth-order valence-corrected chi connectivity index (χ4v) is 2.01. The van der Waals surface area contributed by atoms with Gasteiger partial charge in [0.05, 0.1) is 23.7 Å². The Hall–Kier alpha value is -2.37. The highest BCUT2D eigenvalue weighted by atomic mass is 16.4. The van der Waals surface area contributed by atoms with E-state index >= 15 is 0 Å². The van der Waals surface area contributed by atoms with Gasteiger partial charge in [-0.1, -0.05) is 6.92 Å². The molecule has 6 nitrogen and oxygen atoms in total. The van der Waals surface area contributed by atoms with Crippen LogP contribution in [-0.2, 0) is 9.59 Å². The minimum atomic E-state index is -0.951. The first-order valence-corrected chi connectivity index (χ1v) is 6.01. The number of carbonyl (C=O) groups is 2. The van der Waals surface area contributed by atoms with E-state index < -0.39 is 11.9 Å². The van der Waals surface area contributed by atoms with E-state index in [4.69, 9.17) is 10.8 Å². The molecule has 1 heterocycles. The van der Waals surface area contributed by atoms with E-state index in [1.54, 1.807) is 31.2 Å². The van der Waals surface area contributed by atoms with Gasteiger partial charge in [-0.15, -0.1) is 0 Å². The summed E-state index contributed by atoms with van der Waals surface area (Å²) in [6.07, 6.45) is 0.464. The van der Waals surface area contributed by atoms with Gasteiger partial charge in [-0.05, 0) is 30.7 Å². The number of hydrogen-bond acceptors (Lipinski definition) is 4. The molecule has 1 unspecified atom stereocenters. The van der Waals surface area contributed by atoms with Gasteiger partial charge >= 0.3 is 5.97 Å². The maximum absolute atomic E-state index is 11.9. The van der Waals surface area contributed by atoms with Gasteiger partial charge in [0.2, 0.25) is 0 Å². The Morgan fingerprint density at radius 3 is 2.63 bits per heavy atom. The first-order chi connectivity index (χ1) is 9.02. The van der Waals surface area contributed by atoms with Crippen molar-refractivity contribution >= 4 is 29.0 Å². The van der Waals surface area contributed by atoms with Crippen LogP contribution in [0.15, 0.2) is 29.4 Å². The largest absolute Gasteiger partial charge is 0.481 e. The summed E-state index contributed by atoms with van der Waals surface area (Å²) in [5, 5.41) is 14.5. The topological polar surface area (TPSA) is 96.0 Å². The molecule has 100 valence electrons. The molecular formula is C13H15N3O3. The Bertz CT molecular complexity index is 537. The molecule has 1 aromatic carbocycles. The molecule has 1 amide bonds. The van der Waals surface area contributed by atoms with E-state index in [1.165, 1.54) is 5.01 Å². The minimum Gasteiger partial charge on any atom is -0.481 e. The van der Waals surface area contributed by atoms with Gasteiger partial charge < -0.3 is 10.8 Å². The Morgan fingerprint density at radius 1 is 1.47 bits per heavy atom. The van der Waals surface area contributed by atoms with Crippen LogP contribution in [0.2, 0.25) is 0 Å². The lowest BCUT2D eigenvalue weighted by Gasteiger charge is -2.11. The van der Waals surface area contributed by atoms with Gasteiger partial charge in [-0.2, -0.15) is 5.10 Å². The summed E-state index contributed by atoms with van der Waals surface area (Å²) in [5.41, 5.74) is 7.17. The highest BCUT2D eigenvalue weighted by Crippen LogP contribution is 2.24. The van der Waals surface area contributed by atoms with Crippen molar-refractivity contribution in [3.63, 3.8) is 0 Å². The zero-order valence-corrected chi connectivity index (χ0v) is 10.5. The number of rotatable bonds is 4. The molecule has 6 heteroatoms. The molecular weight excluding hydrogens is 246 g/mol. The number of anilines is 2. The number of aliphatic carboxylic acids is 1. The molecule has 0 spiro atoms. The molecule has 0 radical (unpaired) electrons. The van der Waals surface area contributed by atoms with Crippen LogP contribution >= 0.6 is 0 Å². The Balaban J connectivity index is 2.28. The van der Waals surface area contributed by atoms with Crippen LogP contribution in [0.4, 0.5) is 11.4 Å². The summed E-state index contributed by atoms with van der Waals surface area (Å²) < 4.78 is 0. The third kappa shape index (κ3) is 2.57. The molecule has 2 rings (SSSR count). The predicted octanol–water partition coefficient (Wildman–Crippen LogP) is 1.47. The van der Waals surface area contributed by atoms with Crippen molar-refractivity contribution in [2.24, 2.45) is 11.0 Å². The number of carboxylic acid groups (broad SMARTS) is 1. The summed E-state index contributed by atoms with van der Waals surface area (Å²) in [5.74, 6) is -1.88. The van der Waals surface area contributed by atoms with Crippen molar-refractivity contribution in [3.8, 4) is 0 Å². The second-order valence-electron chi connectivity index (χ2n) is 4.36. The number of hydrazone groups is 1. The molecule has 0 fully saturated rings. The van der Waals surface area contributed by atoms with Gasteiger partial charge in [0, 0.05) is 5.69 Å². The molecule has 0 aromatic heterocycles. The summed E-state index contributed by atoms with van der Waals surface area (Å²) in [6.45, 7) is 1.76. The van der Waals surface area contributed by atoms with E-state index in [0.29, 0.717) is 23.5 Å². The van der Waals surface area contributed by atoms with Crippen molar-refractivity contribution in [2.45, 2.75) is 19.8 Å². The van der Waals surface area contributed by atoms with Crippen molar-refractivity contribution in [1.29, 1.82) is 0 Å². The predicted molar refractivity (Wildman–Crippen MR) is 71.8 cm³/mol. The smallest absolute Gasteiger partial charge is 0.312 e. The lowest BCUT2D eigenvalue weighted by Crippen LogP contribution is -2.22. The highest BCUT2D eigenvalue weighted by molar-refractivity contribution is 6.17. The average molecular weight is 261 g/mol. The molecule has 0 saturated carbocycles. The van der Waals surface area contributed by atoms with Crippen LogP contribution in [0.3, 0.4) is 0 Å². The summed E-state index contributed by atoms with van der Waals surface area (Å²) in [4.78, 5) is 23.0. The quantitative estimate of drug-likeness (QED) is 0.802. The maximum atomic E-state index is 11.9. The number of carboxylic acids is 1. The SMILES string of the molecule is CCC(C(=O)O)C1=NN(c2ccc(N)cc2)C(=O)C1. The van der Waals surface area contributed by atoms with Crippen LogP contribution < -0.4 is 10.7 Å². The third-order valence-corrected chi connectivity index (χ3v) is 3.04. The lowest BCUT2D eigenvalue weighted by molar-refractivity contribution is -0.139. The number of benzene rings is 1. The van der Waals surface area contributed by atoms with Crippen LogP contribution in [0, 0.1) is 5.92 Å². The summed E-state index contributed by atoms with van der Waals surface area (Å²) in [7, 11) is 0. The Labute approximate surface area is 110 Å². The first-order valence-electron chi connectivity index (χ1n) is 6.01. The molecule has 3 N–H and O–H groups in total. The third-order valence-electron chi connectivity index (χ3n) is 3.04. The lowest BCUT2D eigenvalue weighted by atomic mass is 9.98. The van der Waals surface area contributed by atoms with Gasteiger partial charge in [-0.25, -0.2) is 5.01 Å². The molecule has 1 atom stereocenters. The van der Waals surface area contributed by atoms with Gasteiger partial charge in [0.25, 0.3) is 5.91 Å². The van der Waals surface area contributed by atoms with E-state index in [2.05, 4.69) is 5.10 Å². The summed E-state index contributed by atoms with van der Waals surface area (Å²) in [6, 6.07) is 6.71. The van der Waals surface area contributed by atoms with E-state index in [1.807, 2.05) is 0 Å². The molecule has 1 aromatic rings. The average Bonchev–Trinajstić information content (AvgIpc) is 2.72. The normalized spacial score (nSPS) is 16.4. The second kappa shape index (κ2) is 5.09. The molecule has 1 aliphatic rings. The van der Waals surface area contributed by atoms with Crippen molar-refractivity contribution < 1.29 is 14.7 Å². The molecule has 0 saturated heterocycles. The van der Waals surface area contributed by atoms with Crippen LogP contribution in [0.1, 0.15) is 19.8 Å². The highest BCUT2D eigenvalue weighted by Gasteiger charge is 2.32. The number of amides is 1. The van der Waals surface area contributed by atoms with Gasteiger partial charge in [0.1, 0.15) is 0 Å². The fourth-order valence-electron chi connectivity index (χ4n) is 2.01. The number of nitrogen functional groups attached to an aromatic ring is 1. The standard InChI is InChI=1S/C13H15N3O3/c1-2-10(13(18)19)11-7-12(17)16(15-11)9-5-3-8(14)4-6-9/h3-6,10H,2,7,14H2,1H3,(H,18,19). The zero-order valence-electron chi connectivity index (χ0n) is 10.5. The first kappa shape index (κ1) is 13.1. The van der Waals surface area contributed by atoms with E-state index in [-0.39, 0.29) is 12.3 Å². The maximum Gasteiger partial charge on any atom is 0.312 e. The fraction of sp³-hybridized carbons (Fsp3) is 0.308. The monoisotopic (exact) mass is 261 g/mol. The minimum absolute atomic E-state index is 0.0508. The molecule has 1 aliphatic heterocycles. The number of nitrogens with zero attached hydrogens (tertiary/aromatic N) is 2. The Morgan fingerprint density at radius 2 is 2.11 bits per heavy atom. The van der Waals surface area contributed by atoms with Gasteiger partial charge in [-0.3, -0.25) is 9.59 Å². The van der Waals surface area contributed by atoms with Crippen molar-refractivity contribution in [3.05, 3.63) is 24.3 Å². The van der Waals surface area contributed by atoms with Crippen molar-refractivity contribution in [2.75, 3.05) is 10.7 Å². The van der Waals surface area contributed by atoms with E-state index in [9.17, 15) is 9.59 Å². The van der Waals surface area contributed by atoms with Crippen LogP contribution in [0.5, 0.6) is 0 Å². The molecule has 19 heavy (non-hydrogen) atoms.